The minimum atomic E-state index is 0.868. The average Bonchev–Trinajstić information content (AvgIpc) is 2.44. The molecule has 0 aromatic carbocycles. The van der Waals surface area contributed by atoms with Crippen molar-refractivity contribution in [2.75, 3.05) is 0 Å². The molecule has 0 saturated carbocycles. The maximum Gasteiger partial charge on any atom is 0.160 e. The molecule has 0 amide bonds. The van der Waals surface area contributed by atoms with Crippen molar-refractivity contribution in [1.82, 2.24) is 5.32 Å². The Balaban J connectivity index is 2.53. The number of aldehydes is 1. The summed E-state index contributed by atoms with van der Waals surface area (Å²) in [6.45, 7) is 1.80. The van der Waals surface area contributed by atoms with Crippen LogP contribution in [0, 0.1) is 0 Å². The second-order valence-corrected chi connectivity index (χ2v) is 3.24. The molecule has 1 aromatic heterocycles. The van der Waals surface area contributed by atoms with Crippen molar-refractivity contribution < 1.29 is 4.79 Å². The summed E-state index contributed by atoms with van der Waals surface area (Å²) < 4.78 is 0. The molecule has 2 nitrogen and oxygen atoms in total. The van der Waals surface area contributed by atoms with Crippen LogP contribution < -0.4 is 5.32 Å². The van der Waals surface area contributed by atoms with Gasteiger partial charge in [0, 0.05) is 13.1 Å². The summed E-state index contributed by atoms with van der Waals surface area (Å²) in [5.41, 5.74) is 2.51. The molecule has 1 aromatic rings. The van der Waals surface area contributed by atoms with Gasteiger partial charge in [-0.15, -0.1) is 11.3 Å². The standard InChI is InChI=1S/C7H7NOS/c9-3-7-6-2-8-1-5(6)4-10-7/h3-4,8H,1-2H2. The molecule has 3 heteroatoms. The van der Waals surface area contributed by atoms with Crippen LogP contribution in [0.2, 0.25) is 0 Å². The third-order valence-electron chi connectivity index (χ3n) is 1.74. The van der Waals surface area contributed by atoms with Crippen LogP contribution in [0.25, 0.3) is 0 Å². The van der Waals surface area contributed by atoms with Crippen LogP contribution in [0.3, 0.4) is 0 Å². The van der Waals surface area contributed by atoms with Gasteiger partial charge < -0.3 is 5.32 Å². The van der Waals surface area contributed by atoms with Crippen LogP contribution in [0.4, 0.5) is 0 Å². The normalized spacial score (nSPS) is 15.2. The van der Waals surface area contributed by atoms with Crippen LogP contribution in [0.15, 0.2) is 5.38 Å². The smallest absolute Gasteiger partial charge is 0.160 e. The van der Waals surface area contributed by atoms with Gasteiger partial charge >= 0.3 is 0 Å². The fourth-order valence-corrected chi connectivity index (χ4v) is 2.10. The van der Waals surface area contributed by atoms with Gasteiger partial charge in [0.2, 0.25) is 0 Å². The average molecular weight is 153 g/mol. The fraction of sp³-hybridized carbons (Fsp3) is 0.286. The first-order valence-electron chi connectivity index (χ1n) is 3.17. The van der Waals surface area contributed by atoms with E-state index in [1.165, 1.54) is 11.1 Å². The molecule has 0 unspecified atom stereocenters. The highest BCUT2D eigenvalue weighted by atomic mass is 32.1. The fourth-order valence-electron chi connectivity index (χ4n) is 1.21. The minimum absolute atomic E-state index is 0.868. The molecule has 1 aliphatic rings. The lowest BCUT2D eigenvalue weighted by molar-refractivity contribution is 0.112. The van der Waals surface area contributed by atoms with Gasteiger partial charge in [0.25, 0.3) is 0 Å². The molecule has 1 aliphatic heterocycles. The lowest BCUT2D eigenvalue weighted by atomic mass is 10.2. The summed E-state index contributed by atoms with van der Waals surface area (Å²) >= 11 is 1.54. The van der Waals surface area contributed by atoms with Gasteiger partial charge in [-0.3, -0.25) is 4.79 Å². The van der Waals surface area contributed by atoms with E-state index < -0.39 is 0 Å². The zero-order valence-corrected chi connectivity index (χ0v) is 6.20. The van der Waals surface area contributed by atoms with Crippen LogP contribution in [-0.2, 0) is 13.1 Å². The first-order valence-corrected chi connectivity index (χ1v) is 4.05. The third kappa shape index (κ3) is 0.711. The predicted octanol–water partition coefficient (Wildman–Crippen LogP) is 1.16. The number of carbonyl (C=O) groups is 1. The van der Waals surface area contributed by atoms with Gasteiger partial charge in [-0.05, 0) is 16.5 Å². The molecular weight excluding hydrogens is 146 g/mol. The van der Waals surface area contributed by atoms with Gasteiger partial charge in [-0.25, -0.2) is 0 Å². The highest BCUT2D eigenvalue weighted by molar-refractivity contribution is 7.12. The number of hydrogen-bond donors (Lipinski definition) is 1. The van der Waals surface area contributed by atoms with Gasteiger partial charge in [-0.1, -0.05) is 0 Å². The van der Waals surface area contributed by atoms with Gasteiger partial charge in [0.1, 0.15) is 0 Å². The maximum atomic E-state index is 10.4. The predicted molar refractivity (Wildman–Crippen MR) is 40.3 cm³/mol. The van der Waals surface area contributed by atoms with Crippen molar-refractivity contribution >= 4 is 17.6 Å². The highest BCUT2D eigenvalue weighted by Gasteiger charge is 2.15. The molecule has 0 radical (unpaired) electrons. The summed E-state index contributed by atoms with van der Waals surface area (Å²) in [6, 6.07) is 0. The van der Waals surface area contributed by atoms with E-state index in [1.54, 1.807) is 11.3 Å². The van der Waals surface area contributed by atoms with Gasteiger partial charge in [0.15, 0.2) is 6.29 Å². The summed E-state index contributed by atoms with van der Waals surface area (Å²) in [4.78, 5) is 11.3. The quantitative estimate of drug-likeness (QED) is 0.613. The SMILES string of the molecule is O=Cc1scc2c1CNC2. The van der Waals surface area contributed by atoms with E-state index in [9.17, 15) is 4.79 Å². The molecule has 10 heavy (non-hydrogen) atoms. The van der Waals surface area contributed by atoms with Crippen molar-refractivity contribution in [1.29, 1.82) is 0 Å². The lowest BCUT2D eigenvalue weighted by Crippen LogP contribution is -2.01. The number of carbonyl (C=O) groups excluding carboxylic acids is 1. The molecule has 52 valence electrons. The van der Waals surface area contributed by atoms with E-state index in [0.717, 1.165) is 24.3 Å². The van der Waals surface area contributed by atoms with E-state index in [1.807, 2.05) is 0 Å². The number of thiophene rings is 1. The van der Waals surface area contributed by atoms with Gasteiger partial charge in [-0.2, -0.15) is 0 Å². The minimum Gasteiger partial charge on any atom is -0.309 e. The lowest BCUT2D eigenvalue weighted by Gasteiger charge is -1.87. The second kappa shape index (κ2) is 2.18. The van der Waals surface area contributed by atoms with Crippen LogP contribution >= 0.6 is 11.3 Å². The van der Waals surface area contributed by atoms with Crippen molar-refractivity contribution in [3.05, 3.63) is 21.4 Å². The zero-order chi connectivity index (χ0) is 6.97. The van der Waals surface area contributed by atoms with E-state index in [2.05, 4.69) is 10.7 Å². The molecule has 1 N–H and O–H groups in total. The molecule has 2 heterocycles. The van der Waals surface area contributed by atoms with Gasteiger partial charge in [0.05, 0.1) is 4.88 Å². The third-order valence-corrected chi connectivity index (χ3v) is 2.74. The molecule has 0 spiro atoms. The zero-order valence-electron chi connectivity index (χ0n) is 5.39. The Bertz CT molecular complexity index is 267. The first kappa shape index (κ1) is 6.07. The van der Waals surface area contributed by atoms with Crippen LogP contribution in [0.1, 0.15) is 20.8 Å². The molecule has 0 atom stereocenters. The Morgan fingerprint density at radius 2 is 2.50 bits per heavy atom. The Morgan fingerprint density at radius 3 is 3.30 bits per heavy atom. The number of rotatable bonds is 1. The molecule has 2 rings (SSSR count). The molecule has 0 aliphatic carbocycles. The molecular formula is C7H7NOS. The van der Waals surface area contributed by atoms with Crippen LogP contribution in [0.5, 0.6) is 0 Å². The Morgan fingerprint density at radius 1 is 1.60 bits per heavy atom. The van der Waals surface area contributed by atoms with E-state index in [4.69, 9.17) is 0 Å². The van der Waals surface area contributed by atoms with Crippen molar-refractivity contribution in [3.63, 3.8) is 0 Å². The Hall–Kier alpha value is -0.670. The van der Waals surface area contributed by atoms with E-state index in [0.29, 0.717) is 0 Å². The summed E-state index contributed by atoms with van der Waals surface area (Å²) in [5, 5.41) is 5.24. The maximum absolute atomic E-state index is 10.4. The Labute approximate surface area is 62.9 Å². The number of fused-ring (bicyclic) bond motifs is 1. The topological polar surface area (TPSA) is 29.1 Å². The summed E-state index contributed by atoms with van der Waals surface area (Å²) in [6.07, 6.45) is 0.941. The molecule has 0 bridgehead atoms. The largest absolute Gasteiger partial charge is 0.309 e. The number of nitrogens with one attached hydrogen (secondary N) is 1. The number of hydrogen-bond acceptors (Lipinski definition) is 3. The van der Waals surface area contributed by atoms with Crippen molar-refractivity contribution in [3.8, 4) is 0 Å². The Kier molecular flexibility index (Phi) is 1.32. The summed E-state index contributed by atoms with van der Waals surface area (Å²) in [7, 11) is 0. The molecule has 0 saturated heterocycles. The highest BCUT2D eigenvalue weighted by Crippen LogP contribution is 2.24. The second-order valence-electron chi connectivity index (χ2n) is 2.33. The molecule has 0 fully saturated rings. The van der Waals surface area contributed by atoms with Crippen molar-refractivity contribution in [2.24, 2.45) is 0 Å². The van der Waals surface area contributed by atoms with E-state index >= 15 is 0 Å². The van der Waals surface area contributed by atoms with E-state index in [-0.39, 0.29) is 0 Å². The first-order chi connectivity index (χ1) is 4.92. The monoisotopic (exact) mass is 153 g/mol. The van der Waals surface area contributed by atoms with Crippen LogP contribution in [-0.4, -0.2) is 6.29 Å². The van der Waals surface area contributed by atoms with Crippen molar-refractivity contribution in [2.45, 2.75) is 13.1 Å². The summed E-state index contributed by atoms with van der Waals surface area (Å²) in [5.74, 6) is 0.